The maximum Gasteiger partial charge on any atom is 0.307 e. The molecule has 0 saturated heterocycles. The fraction of sp³-hybridized carbons (Fsp3) is 0.231. The summed E-state index contributed by atoms with van der Waals surface area (Å²) >= 11 is 0. The molecule has 8 heteroatoms. The van der Waals surface area contributed by atoms with Crippen LogP contribution in [-0.2, 0) is 34.8 Å². The zero-order valence-corrected chi connectivity index (χ0v) is 12.2. The third-order valence-electron chi connectivity index (χ3n) is 2.81. The van der Waals surface area contributed by atoms with Crippen LogP contribution < -0.4 is 4.72 Å². The van der Waals surface area contributed by atoms with E-state index in [9.17, 15) is 13.2 Å². The lowest BCUT2D eigenvalue weighted by molar-refractivity contribution is -0.136. The summed E-state index contributed by atoms with van der Waals surface area (Å²) in [6.07, 6.45) is 3.17. The summed E-state index contributed by atoms with van der Waals surface area (Å²) in [7, 11) is -1.88. The van der Waals surface area contributed by atoms with E-state index in [0.29, 0.717) is 5.56 Å². The molecule has 112 valence electrons. The molecular weight excluding hydrogens is 294 g/mol. The van der Waals surface area contributed by atoms with E-state index < -0.39 is 16.0 Å². The smallest absolute Gasteiger partial charge is 0.307 e. The maximum absolute atomic E-state index is 12.1. The molecule has 0 radical (unpaired) electrons. The molecule has 1 aromatic heterocycles. The van der Waals surface area contributed by atoms with E-state index in [2.05, 4.69) is 9.82 Å². The van der Waals surface area contributed by atoms with Gasteiger partial charge in [0.2, 0.25) is 10.0 Å². The van der Waals surface area contributed by atoms with Gasteiger partial charge in [0.1, 0.15) is 0 Å². The third kappa shape index (κ3) is 4.14. The second-order valence-electron chi connectivity index (χ2n) is 4.56. The second kappa shape index (κ2) is 6.06. The molecule has 0 aliphatic rings. The first-order valence-electron chi connectivity index (χ1n) is 6.15. The maximum atomic E-state index is 12.1. The molecule has 0 unspecified atom stereocenters. The SMILES string of the molecule is Cn1cc(CNS(=O)(=O)c2ccc(CC(=O)O)cc2)cn1. The number of rotatable bonds is 6. The Labute approximate surface area is 122 Å². The largest absolute Gasteiger partial charge is 0.481 e. The monoisotopic (exact) mass is 309 g/mol. The van der Waals surface area contributed by atoms with Gasteiger partial charge < -0.3 is 5.11 Å². The van der Waals surface area contributed by atoms with Crippen LogP contribution in [0.5, 0.6) is 0 Å². The van der Waals surface area contributed by atoms with Crippen molar-refractivity contribution in [3.63, 3.8) is 0 Å². The van der Waals surface area contributed by atoms with Crippen molar-refractivity contribution in [3.05, 3.63) is 47.8 Å². The van der Waals surface area contributed by atoms with E-state index in [-0.39, 0.29) is 17.9 Å². The van der Waals surface area contributed by atoms with Gasteiger partial charge in [-0.05, 0) is 17.7 Å². The van der Waals surface area contributed by atoms with Crippen molar-refractivity contribution in [1.29, 1.82) is 0 Å². The van der Waals surface area contributed by atoms with Crippen LogP contribution in [0.25, 0.3) is 0 Å². The lowest BCUT2D eigenvalue weighted by atomic mass is 10.2. The van der Waals surface area contributed by atoms with Crippen molar-refractivity contribution in [1.82, 2.24) is 14.5 Å². The van der Waals surface area contributed by atoms with Crippen LogP contribution in [0.1, 0.15) is 11.1 Å². The van der Waals surface area contributed by atoms with Crippen molar-refractivity contribution in [3.8, 4) is 0 Å². The predicted molar refractivity (Wildman–Crippen MR) is 75.0 cm³/mol. The van der Waals surface area contributed by atoms with Gasteiger partial charge in [0.15, 0.2) is 0 Å². The molecule has 0 saturated carbocycles. The van der Waals surface area contributed by atoms with Gasteiger partial charge >= 0.3 is 5.97 Å². The Morgan fingerprint density at radius 1 is 1.29 bits per heavy atom. The highest BCUT2D eigenvalue weighted by Crippen LogP contribution is 2.11. The quantitative estimate of drug-likeness (QED) is 0.810. The number of carbonyl (C=O) groups is 1. The minimum absolute atomic E-state index is 0.0977. The summed E-state index contributed by atoms with van der Waals surface area (Å²) in [6, 6.07) is 5.77. The average Bonchev–Trinajstić information content (AvgIpc) is 2.82. The minimum atomic E-state index is -3.63. The molecule has 0 spiro atoms. The first-order valence-corrected chi connectivity index (χ1v) is 7.63. The lowest BCUT2D eigenvalue weighted by Gasteiger charge is -2.06. The molecule has 0 aliphatic carbocycles. The molecule has 0 bridgehead atoms. The number of aliphatic carboxylic acids is 1. The topological polar surface area (TPSA) is 101 Å². The molecule has 1 heterocycles. The normalized spacial score (nSPS) is 11.5. The molecule has 2 aromatic rings. The van der Waals surface area contributed by atoms with E-state index in [1.807, 2.05) is 0 Å². The van der Waals surface area contributed by atoms with Gasteiger partial charge in [-0.15, -0.1) is 0 Å². The fourth-order valence-corrected chi connectivity index (χ4v) is 2.80. The summed E-state index contributed by atoms with van der Waals surface area (Å²) in [4.78, 5) is 10.7. The molecular formula is C13H15N3O4S. The van der Waals surface area contributed by atoms with Crippen molar-refractivity contribution in [2.24, 2.45) is 7.05 Å². The number of hydrogen-bond acceptors (Lipinski definition) is 4. The standard InChI is InChI=1S/C13H15N3O4S/c1-16-9-11(7-14-16)8-15-21(19,20)12-4-2-10(3-5-12)6-13(17)18/h2-5,7,9,15H,6,8H2,1H3,(H,17,18). The van der Waals surface area contributed by atoms with E-state index in [0.717, 1.165) is 5.56 Å². The van der Waals surface area contributed by atoms with Gasteiger partial charge in [0, 0.05) is 25.4 Å². The summed E-state index contributed by atoms with van der Waals surface area (Å²) < 4.78 is 28.2. The lowest BCUT2D eigenvalue weighted by Crippen LogP contribution is -2.23. The van der Waals surface area contributed by atoms with Gasteiger partial charge in [-0.3, -0.25) is 9.48 Å². The molecule has 2 rings (SSSR count). The van der Waals surface area contributed by atoms with Gasteiger partial charge in [0.25, 0.3) is 0 Å². The molecule has 0 aliphatic heterocycles. The molecule has 0 fully saturated rings. The van der Waals surface area contributed by atoms with Crippen molar-refractivity contribution < 1.29 is 18.3 Å². The Bertz CT molecular complexity index is 735. The average molecular weight is 309 g/mol. The van der Waals surface area contributed by atoms with E-state index in [1.165, 1.54) is 24.3 Å². The fourth-order valence-electron chi connectivity index (χ4n) is 1.79. The van der Waals surface area contributed by atoms with Crippen LogP contribution in [0, 0.1) is 0 Å². The first kappa shape index (κ1) is 15.2. The van der Waals surface area contributed by atoms with Crippen LogP contribution >= 0.6 is 0 Å². The number of aromatic nitrogens is 2. The molecule has 21 heavy (non-hydrogen) atoms. The van der Waals surface area contributed by atoms with Gasteiger partial charge in [-0.2, -0.15) is 5.10 Å². The van der Waals surface area contributed by atoms with Crippen LogP contribution in [0.2, 0.25) is 0 Å². The summed E-state index contributed by atoms with van der Waals surface area (Å²) in [5.41, 5.74) is 1.30. The summed E-state index contributed by atoms with van der Waals surface area (Å²) in [5, 5.41) is 12.6. The summed E-state index contributed by atoms with van der Waals surface area (Å²) in [6.45, 7) is 0.146. The van der Waals surface area contributed by atoms with E-state index >= 15 is 0 Å². The van der Waals surface area contributed by atoms with Crippen molar-refractivity contribution in [2.45, 2.75) is 17.9 Å². The van der Waals surface area contributed by atoms with Crippen LogP contribution in [-0.4, -0.2) is 29.3 Å². The number of carboxylic acid groups (broad SMARTS) is 1. The third-order valence-corrected chi connectivity index (χ3v) is 4.23. The van der Waals surface area contributed by atoms with Crippen LogP contribution in [0.4, 0.5) is 0 Å². The number of nitrogens with one attached hydrogen (secondary N) is 1. The molecule has 0 amide bonds. The van der Waals surface area contributed by atoms with Crippen molar-refractivity contribution in [2.75, 3.05) is 0 Å². The van der Waals surface area contributed by atoms with E-state index in [1.54, 1.807) is 24.1 Å². The number of nitrogens with zero attached hydrogens (tertiary/aromatic N) is 2. The molecule has 1 aromatic carbocycles. The first-order chi connectivity index (χ1) is 9.87. The molecule has 7 nitrogen and oxygen atoms in total. The molecule has 2 N–H and O–H groups in total. The highest BCUT2D eigenvalue weighted by Gasteiger charge is 2.14. The Kier molecular flexibility index (Phi) is 4.39. The van der Waals surface area contributed by atoms with Crippen LogP contribution in [0.3, 0.4) is 0 Å². The molecule has 0 atom stereocenters. The number of carboxylic acids is 1. The highest BCUT2D eigenvalue weighted by molar-refractivity contribution is 7.89. The Balaban J connectivity index is 2.06. The Morgan fingerprint density at radius 2 is 1.95 bits per heavy atom. The van der Waals surface area contributed by atoms with E-state index in [4.69, 9.17) is 5.11 Å². The van der Waals surface area contributed by atoms with Gasteiger partial charge in [-0.25, -0.2) is 13.1 Å². The Hall–Kier alpha value is -2.19. The number of aryl methyl sites for hydroxylation is 1. The second-order valence-corrected chi connectivity index (χ2v) is 6.33. The minimum Gasteiger partial charge on any atom is -0.481 e. The number of benzene rings is 1. The predicted octanol–water partition coefficient (Wildman–Crippen LogP) is 0.526. The zero-order valence-electron chi connectivity index (χ0n) is 11.4. The van der Waals surface area contributed by atoms with Gasteiger partial charge in [0.05, 0.1) is 17.5 Å². The highest BCUT2D eigenvalue weighted by atomic mass is 32.2. The number of sulfonamides is 1. The number of hydrogen-bond donors (Lipinski definition) is 2. The zero-order chi connectivity index (χ0) is 15.5. The van der Waals surface area contributed by atoms with Crippen LogP contribution in [0.15, 0.2) is 41.6 Å². The Morgan fingerprint density at radius 3 is 2.48 bits per heavy atom. The van der Waals surface area contributed by atoms with Gasteiger partial charge in [-0.1, -0.05) is 12.1 Å². The summed E-state index contributed by atoms with van der Waals surface area (Å²) in [5.74, 6) is -0.958. The van der Waals surface area contributed by atoms with Crippen molar-refractivity contribution >= 4 is 16.0 Å².